The van der Waals surface area contributed by atoms with Gasteiger partial charge in [-0.05, 0) is 77.8 Å². The lowest BCUT2D eigenvalue weighted by Crippen LogP contribution is -2.14. The Labute approximate surface area is 194 Å². The van der Waals surface area contributed by atoms with Crippen molar-refractivity contribution in [3.8, 4) is 22.3 Å². The average molecular weight is 421 g/mol. The molecule has 0 heteroatoms. The van der Waals surface area contributed by atoms with E-state index in [2.05, 4.69) is 123 Å². The van der Waals surface area contributed by atoms with Gasteiger partial charge >= 0.3 is 0 Å². The fourth-order valence-electron chi connectivity index (χ4n) is 5.89. The van der Waals surface area contributed by atoms with E-state index in [9.17, 15) is 0 Å². The summed E-state index contributed by atoms with van der Waals surface area (Å²) in [4.78, 5) is 0. The number of benzene rings is 6. The highest BCUT2D eigenvalue weighted by Crippen LogP contribution is 2.49. The van der Waals surface area contributed by atoms with Crippen molar-refractivity contribution >= 4 is 32.3 Å². The fourth-order valence-corrected chi connectivity index (χ4v) is 5.89. The molecule has 6 aromatic rings. The second-order valence-electron chi connectivity index (χ2n) is 9.81. The van der Waals surface area contributed by atoms with Crippen molar-refractivity contribution in [2.24, 2.45) is 0 Å². The minimum Gasteiger partial charge on any atom is -0.0619 e. The predicted molar refractivity (Wildman–Crippen MR) is 142 cm³/mol. The Bertz CT molecular complexity index is 1730. The molecule has 1 aliphatic carbocycles. The normalized spacial score (nSPS) is 14.0. The monoisotopic (exact) mass is 420 g/mol. The second-order valence-corrected chi connectivity index (χ2v) is 9.81. The van der Waals surface area contributed by atoms with Gasteiger partial charge in [-0.1, -0.05) is 111 Å². The SMILES string of the molecule is CC1(C)c2ccccc2-c2ccc(-c3ccc4c(ccc5c6ccccc6ccc45)c3)cc21. The Kier molecular flexibility index (Phi) is 3.71. The minimum absolute atomic E-state index is 0.0239. The molecule has 33 heavy (non-hydrogen) atoms. The molecule has 156 valence electrons. The van der Waals surface area contributed by atoms with Crippen molar-refractivity contribution in [2.75, 3.05) is 0 Å². The first kappa shape index (κ1) is 18.7. The van der Waals surface area contributed by atoms with E-state index >= 15 is 0 Å². The third-order valence-corrected chi connectivity index (χ3v) is 7.66. The largest absolute Gasteiger partial charge is 0.0619 e. The van der Waals surface area contributed by atoms with E-state index in [1.54, 1.807) is 0 Å². The third kappa shape index (κ3) is 2.58. The van der Waals surface area contributed by atoms with Crippen molar-refractivity contribution in [1.29, 1.82) is 0 Å². The van der Waals surface area contributed by atoms with Gasteiger partial charge in [-0.15, -0.1) is 0 Å². The van der Waals surface area contributed by atoms with Gasteiger partial charge in [-0.3, -0.25) is 0 Å². The molecule has 0 fully saturated rings. The van der Waals surface area contributed by atoms with Gasteiger partial charge in [-0.2, -0.15) is 0 Å². The summed E-state index contributed by atoms with van der Waals surface area (Å²) < 4.78 is 0. The van der Waals surface area contributed by atoms with E-state index < -0.39 is 0 Å². The maximum absolute atomic E-state index is 2.41. The van der Waals surface area contributed by atoms with Crippen LogP contribution in [-0.4, -0.2) is 0 Å². The summed E-state index contributed by atoms with van der Waals surface area (Å²) in [7, 11) is 0. The number of fused-ring (bicyclic) bond motifs is 8. The lowest BCUT2D eigenvalue weighted by Gasteiger charge is -2.22. The van der Waals surface area contributed by atoms with Crippen LogP contribution in [-0.2, 0) is 5.41 Å². The van der Waals surface area contributed by atoms with Crippen LogP contribution in [0, 0.1) is 0 Å². The second kappa shape index (κ2) is 6.56. The number of hydrogen-bond acceptors (Lipinski definition) is 0. The topological polar surface area (TPSA) is 0 Å². The van der Waals surface area contributed by atoms with E-state index in [0.29, 0.717) is 0 Å². The number of hydrogen-bond donors (Lipinski definition) is 0. The standard InChI is InChI=1S/C33H24/c1-33(2)31-10-6-5-9-29(31)30-18-13-23(20-32(30)33)22-12-15-26-24(19-22)14-17-27-25-8-4-3-7-21(25)11-16-28(26)27/h3-20H,1-2H3. The lowest BCUT2D eigenvalue weighted by atomic mass is 9.81. The van der Waals surface area contributed by atoms with Gasteiger partial charge < -0.3 is 0 Å². The van der Waals surface area contributed by atoms with Gasteiger partial charge in [0.25, 0.3) is 0 Å². The fraction of sp³-hybridized carbons (Fsp3) is 0.0909. The molecule has 0 nitrogen and oxygen atoms in total. The van der Waals surface area contributed by atoms with Crippen molar-refractivity contribution in [2.45, 2.75) is 19.3 Å². The Morgan fingerprint density at radius 3 is 1.91 bits per heavy atom. The maximum atomic E-state index is 2.41. The summed E-state index contributed by atoms with van der Waals surface area (Å²) >= 11 is 0. The summed E-state index contributed by atoms with van der Waals surface area (Å²) in [6.07, 6.45) is 0. The van der Waals surface area contributed by atoms with Gasteiger partial charge in [0.05, 0.1) is 0 Å². The molecule has 6 aromatic carbocycles. The summed E-state index contributed by atoms with van der Waals surface area (Å²) in [5.74, 6) is 0. The quantitative estimate of drug-likeness (QED) is 0.233. The lowest BCUT2D eigenvalue weighted by molar-refractivity contribution is 0.660. The highest BCUT2D eigenvalue weighted by molar-refractivity contribution is 6.17. The Hall–Kier alpha value is -3.90. The van der Waals surface area contributed by atoms with E-state index in [1.165, 1.54) is 65.7 Å². The molecule has 0 spiro atoms. The highest BCUT2D eigenvalue weighted by atomic mass is 14.4. The zero-order valence-corrected chi connectivity index (χ0v) is 18.9. The molecule has 1 aliphatic rings. The van der Waals surface area contributed by atoms with Crippen LogP contribution in [0.2, 0.25) is 0 Å². The first-order valence-corrected chi connectivity index (χ1v) is 11.7. The molecule has 0 heterocycles. The first-order valence-electron chi connectivity index (χ1n) is 11.7. The molecular formula is C33H24. The Morgan fingerprint density at radius 1 is 0.424 bits per heavy atom. The molecule has 0 N–H and O–H groups in total. The minimum atomic E-state index is 0.0239. The molecule has 0 aromatic heterocycles. The predicted octanol–water partition coefficient (Wildman–Crippen LogP) is 9.12. The van der Waals surface area contributed by atoms with Crippen LogP contribution >= 0.6 is 0 Å². The molecule has 0 bridgehead atoms. The first-order chi connectivity index (χ1) is 16.1. The molecule has 7 rings (SSSR count). The average Bonchev–Trinajstić information content (AvgIpc) is 3.10. The molecule has 0 saturated heterocycles. The van der Waals surface area contributed by atoms with Crippen LogP contribution in [0.1, 0.15) is 25.0 Å². The summed E-state index contributed by atoms with van der Waals surface area (Å²) in [5.41, 5.74) is 8.18. The van der Waals surface area contributed by atoms with Gasteiger partial charge in [0.15, 0.2) is 0 Å². The smallest absolute Gasteiger partial charge is 0.0159 e. The van der Waals surface area contributed by atoms with Crippen molar-refractivity contribution < 1.29 is 0 Å². The van der Waals surface area contributed by atoms with Crippen molar-refractivity contribution in [3.63, 3.8) is 0 Å². The van der Waals surface area contributed by atoms with Crippen LogP contribution in [0.25, 0.3) is 54.6 Å². The van der Waals surface area contributed by atoms with Crippen LogP contribution in [0.3, 0.4) is 0 Å². The molecular weight excluding hydrogens is 396 g/mol. The molecule has 0 unspecified atom stereocenters. The van der Waals surface area contributed by atoms with Crippen LogP contribution in [0.4, 0.5) is 0 Å². The van der Waals surface area contributed by atoms with Crippen LogP contribution in [0.15, 0.2) is 109 Å². The Morgan fingerprint density at radius 2 is 1.03 bits per heavy atom. The molecule has 0 saturated carbocycles. The van der Waals surface area contributed by atoms with Crippen molar-refractivity contribution in [1.82, 2.24) is 0 Å². The Balaban J connectivity index is 1.39. The molecule has 0 radical (unpaired) electrons. The molecule has 0 aliphatic heterocycles. The highest BCUT2D eigenvalue weighted by Gasteiger charge is 2.35. The molecule has 0 amide bonds. The third-order valence-electron chi connectivity index (χ3n) is 7.66. The summed E-state index contributed by atoms with van der Waals surface area (Å²) in [5, 5.41) is 7.87. The molecule has 0 atom stereocenters. The van der Waals surface area contributed by atoms with Gasteiger partial charge in [-0.25, -0.2) is 0 Å². The number of rotatable bonds is 1. The van der Waals surface area contributed by atoms with E-state index in [0.717, 1.165) is 0 Å². The van der Waals surface area contributed by atoms with E-state index in [4.69, 9.17) is 0 Å². The summed E-state index contributed by atoms with van der Waals surface area (Å²) in [6, 6.07) is 40.5. The zero-order chi connectivity index (χ0) is 22.2. The zero-order valence-electron chi connectivity index (χ0n) is 18.9. The van der Waals surface area contributed by atoms with Gasteiger partial charge in [0, 0.05) is 5.41 Å². The van der Waals surface area contributed by atoms with Crippen LogP contribution < -0.4 is 0 Å². The van der Waals surface area contributed by atoms with Gasteiger partial charge in [0.2, 0.25) is 0 Å². The van der Waals surface area contributed by atoms with E-state index in [-0.39, 0.29) is 5.41 Å². The van der Waals surface area contributed by atoms with Gasteiger partial charge in [0.1, 0.15) is 0 Å². The van der Waals surface area contributed by atoms with Crippen LogP contribution in [0.5, 0.6) is 0 Å². The van der Waals surface area contributed by atoms with Crippen molar-refractivity contribution in [3.05, 3.63) is 120 Å². The van der Waals surface area contributed by atoms with E-state index in [1.807, 2.05) is 0 Å². The summed E-state index contributed by atoms with van der Waals surface area (Å²) in [6.45, 7) is 4.69. The maximum Gasteiger partial charge on any atom is 0.0159 e.